The fraction of sp³-hybridized carbons (Fsp3) is 0.333. The number of carbonyl (C=O) groups excluding carboxylic acids is 2. The minimum absolute atomic E-state index is 0.0282. The number of carbonyl (C=O) groups is 2. The number of ether oxygens (including phenoxy) is 2. The van der Waals surface area contributed by atoms with E-state index in [9.17, 15) is 9.59 Å². The van der Waals surface area contributed by atoms with E-state index in [0.717, 1.165) is 22.8 Å². The van der Waals surface area contributed by atoms with Gasteiger partial charge < -0.3 is 9.47 Å². The number of esters is 2. The molecule has 1 rings (SSSR count). The number of hydrogen-bond donors (Lipinski definition) is 0. The Morgan fingerprint density at radius 1 is 1.11 bits per heavy atom. The fourth-order valence-corrected chi connectivity index (χ4v) is 1.57. The maximum atomic E-state index is 11.8. The zero-order valence-corrected chi connectivity index (χ0v) is 11.5. The van der Waals surface area contributed by atoms with E-state index < -0.39 is 11.9 Å². The van der Waals surface area contributed by atoms with Crippen LogP contribution in [0.25, 0.3) is 0 Å². The first-order chi connectivity index (χ1) is 8.95. The van der Waals surface area contributed by atoms with Crippen molar-refractivity contribution in [2.75, 3.05) is 13.2 Å². The molecule has 0 spiro atoms. The molecule has 0 fully saturated rings. The molecule has 0 aliphatic heterocycles. The van der Waals surface area contributed by atoms with Crippen LogP contribution in [0.5, 0.6) is 0 Å². The summed E-state index contributed by atoms with van der Waals surface area (Å²) in [4.78, 5) is 22.6. The third-order valence-corrected chi connectivity index (χ3v) is 2.89. The second-order valence-electron chi connectivity index (χ2n) is 4.24. The maximum absolute atomic E-state index is 11.8. The highest BCUT2D eigenvalue weighted by molar-refractivity contribution is 5.90. The summed E-state index contributed by atoms with van der Waals surface area (Å²) in [6.07, 6.45) is 1.06. The molecule has 0 N–H and O–H groups in total. The second kappa shape index (κ2) is 6.73. The highest BCUT2D eigenvalue weighted by Gasteiger charge is 2.10. The van der Waals surface area contributed by atoms with Crippen molar-refractivity contribution in [2.24, 2.45) is 0 Å². The number of hydrogen-bond acceptors (Lipinski definition) is 4. The van der Waals surface area contributed by atoms with Gasteiger partial charge in [-0.15, -0.1) is 0 Å². The Morgan fingerprint density at radius 2 is 1.63 bits per heavy atom. The van der Waals surface area contributed by atoms with Crippen LogP contribution in [0.2, 0.25) is 0 Å². The van der Waals surface area contributed by atoms with Crippen LogP contribution in [-0.2, 0) is 14.3 Å². The molecule has 0 aliphatic carbocycles. The molecule has 0 amide bonds. The number of aryl methyl sites for hydroxylation is 2. The van der Waals surface area contributed by atoms with Crippen LogP contribution in [0.15, 0.2) is 24.8 Å². The van der Waals surface area contributed by atoms with E-state index in [4.69, 9.17) is 9.47 Å². The standard InChI is InChI=1S/C15H18O4/c1-5-14(16)18-6-7-19-15(17)13-8-10(2)12(4)11(3)9-13/h5,8-9H,1,6-7H2,2-4H3. The molecule has 1 aromatic rings. The topological polar surface area (TPSA) is 52.6 Å². The molecule has 4 heteroatoms. The van der Waals surface area contributed by atoms with Crippen LogP contribution < -0.4 is 0 Å². The molecule has 0 unspecified atom stereocenters. The van der Waals surface area contributed by atoms with Crippen LogP contribution in [0, 0.1) is 20.8 Å². The molecular formula is C15H18O4. The Balaban J connectivity index is 2.55. The largest absolute Gasteiger partial charge is 0.459 e. The summed E-state index contributed by atoms with van der Waals surface area (Å²) < 4.78 is 9.73. The van der Waals surface area contributed by atoms with Crippen molar-refractivity contribution in [1.29, 1.82) is 0 Å². The molecule has 19 heavy (non-hydrogen) atoms. The van der Waals surface area contributed by atoms with Gasteiger partial charge in [0.05, 0.1) is 5.56 Å². The van der Waals surface area contributed by atoms with E-state index in [-0.39, 0.29) is 13.2 Å². The van der Waals surface area contributed by atoms with Crippen molar-refractivity contribution in [1.82, 2.24) is 0 Å². The molecule has 0 bridgehead atoms. The van der Waals surface area contributed by atoms with Gasteiger partial charge in [0.1, 0.15) is 13.2 Å². The number of benzene rings is 1. The highest BCUT2D eigenvalue weighted by Crippen LogP contribution is 2.16. The Labute approximate surface area is 113 Å². The zero-order valence-electron chi connectivity index (χ0n) is 11.5. The third-order valence-electron chi connectivity index (χ3n) is 2.89. The van der Waals surface area contributed by atoms with E-state index in [1.807, 2.05) is 20.8 Å². The molecular weight excluding hydrogens is 244 g/mol. The third kappa shape index (κ3) is 4.25. The van der Waals surface area contributed by atoms with Crippen LogP contribution >= 0.6 is 0 Å². The number of rotatable bonds is 5. The summed E-state index contributed by atoms with van der Waals surface area (Å²) in [5.41, 5.74) is 3.77. The van der Waals surface area contributed by atoms with E-state index in [1.54, 1.807) is 12.1 Å². The minimum Gasteiger partial charge on any atom is -0.459 e. The van der Waals surface area contributed by atoms with Gasteiger partial charge in [-0.05, 0) is 49.6 Å². The van der Waals surface area contributed by atoms with Crippen molar-refractivity contribution >= 4 is 11.9 Å². The Kier molecular flexibility index (Phi) is 5.30. The Morgan fingerprint density at radius 3 is 2.16 bits per heavy atom. The first kappa shape index (κ1) is 15.0. The van der Waals surface area contributed by atoms with Crippen molar-refractivity contribution < 1.29 is 19.1 Å². The summed E-state index contributed by atoms with van der Waals surface area (Å²) in [7, 11) is 0. The summed E-state index contributed by atoms with van der Waals surface area (Å²) in [6.45, 7) is 9.23. The van der Waals surface area contributed by atoms with Crippen LogP contribution in [0.1, 0.15) is 27.0 Å². The average Bonchev–Trinajstić information content (AvgIpc) is 2.39. The molecule has 4 nitrogen and oxygen atoms in total. The molecule has 102 valence electrons. The lowest BCUT2D eigenvalue weighted by atomic mass is 10.0. The van der Waals surface area contributed by atoms with Crippen molar-refractivity contribution in [3.05, 3.63) is 47.0 Å². The van der Waals surface area contributed by atoms with E-state index in [2.05, 4.69) is 6.58 Å². The molecule has 1 aromatic carbocycles. The summed E-state index contributed by atoms with van der Waals surface area (Å²) >= 11 is 0. The lowest BCUT2D eigenvalue weighted by Crippen LogP contribution is -2.13. The fourth-order valence-electron chi connectivity index (χ4n) is 1.57. The molecule has 0 heterocycles. The molecule has 0 saturated carbocycles. The predicted molar refractivity (Wildman–Crippen MR) is 72.1 cm³/mol. The van der Waals surface area contributed by atoms with Gasteiger partial charge in [0, 0.05) is 6.08 Å². The van der Waals surface area contributed by atoms with Gasteiger partial charge in [-0.3, -0.25) is 0 Å². The van der Waals surface area contributed by atoms with Crippen LogP contribution in [0.4, 0.5) is 0 Å². The SMILES string of the molecule is C=CC(=O)OCCOC(=O)c1cc(C)c(C)c(C)c1. The van der Waals surface area contributed by atoms with Crippen molar-refractivity contribution in [3.63, 3.8) is 0 Å². The quantitative estimate of drug-likeness (QED) is 0.465. The monoisotopic (exact) mass is 262 g/mol. The van der Waals surface area contributed by atoms with Gasteiger partial charge in [0.2, 0.25) is 0 Å². The van der Waals surface area contributed by atoms with Gasteiger partial charge in [0.15, 0.2) is 0 Å². The summed E-state index contributed by atoms with van der Waals surface area (Å²) in [5.74, 6) is -0.945. The van der Waals surface area contributed by atoms with E-state index >= 15 is 0 Å². The Hall–Kier alpha value is -2.10. The second-order valence-corrected chi connectivity index (χ2v) is 4.24. The van der Waals surface area contributed by atoms with Crippen LogP contribution in [-0.4, -0.2) is 25.2 Å². The lowest BCUT2D eigenvalue weighted by molar-refractivity contribution is -0.138. The summed E-state index contributed by atoms with van der Waals surface area (Å²) in [5, 5.41) is 0. The Bertz CT molecular complexity index is 480. The van der Waals surface area contributed by atoms with Crippen LogP contribution in [0.3, 0.4) is 0 Å². The first-order valence-electron chi connectivity index (χ1n) is 6.00. The van der Waals surface area contributed by atoms with Gasteiger partial charge in [-0.25, -0.2) is 9.59 Å². The average molecular weight is 262 g/mol. The molecule has 0 atom stereocenters. The smallest absolute Gasteiger partial charge is 0.338 e. The van der Waals surface area contributed by atoms with Crippen molar-refractivity contribution in [2.45, 2.75) is 20.8 Å². The maximum Gasteiger partial charge on any atom is 0.338 e. The van der Waals surface area contributed by atoms with Gasteiger partial charge in [-0.2, -0.15) is 0 Å². The zero-order chi connectivity index (χ0) is 14.4. The summed E-state index contributed by atoms with van der Waals surface area (Å²) in [6, 6.07) is 3.58. The van der Waals surface area contributed by atoms with Gasteiger partial charge >= 0.3 is 11.9 Å². The molecule has 0 saturated heterocycles. The first-order valence-corrected chi connectivity index (χ1v) is 6.00. The van der Waals surface area contributed by atoms with E-state index in [0.29, 0.717) is 5.56 Å². The van der Waals surface area contributed by atoms with E-state index in [1.165, 1.54) is 0 Å². The van der Waals surface area contributed by atoms with Crippen molar-refractivity contribution in [3.8, 4) is 0 Å². The minimum atomic E-state index is -0.530. The highest BCUT2D eigenvalue weighted by atomic mass is 16.6. The predicted octanol–water partition coefficient (Wildman–Crippen LogP) is 2.50. The molecule has 0 aromatic heterocycles. The molecule has 0 aliphatic rings. The van der Waals surface area contributed by atoms with Gasteiger partial charge in [-0.1, -0.05) is 6.58 Å². The lowest BCUT2D eigenvalue weighted by Gasteiger charge is -2.09. The van der Waals surface area contributed by atoms with Gasteiger partial charge in [0.25, 0.3) is 0 Å². The normalized spacial score (nSPS) is 9.84. The molecule has 0 radical (unpaired) electrons.